The Morgan fingerprint density at radius 2 is 2.09 bits per heavy atom. The van der Waals surface area contributed by atoms with Crippen LogP contribution >= 0.6 is 0 Å². The first-order valence-electron chi connectivity index (χ1n) is 9.02. The predicted molar refractivity (Wildman–Crippen MR) is 88.5 cm³/mol. The van der Waals surface area contributed by atoms with E-state index in [0.717, 1.165) is 36.3 Å². The molecule has 0 radical (unpaired) electrons. The molecule has 0 saturated heterocycles. The normalized spacial score (nSPS) is 37.9. The fourth-order valence-corrected chi connectivity index (χ4v) is 5.78. The lowest BCUT2D eigenvalue weighted by Gasteiger charge is -2.34. The lowest BCUT2D eigenvalue weighted by molar-refractivity contribution is 0.194. The van der Waals surface area contributed by atoms with Crippen LogP contribution in [-0.4, -0.2) is 41.4 Å². The highest BCUT2D eigenvalue weighted by molar-refractivity contribution is 5.12. The van der Waals surface area contributed by atoms with Crippen LogP contribution in [0.5, 0.6) is 0 Å². The monoisotopic (exact) mass is 302 g/mol. The van der Waals surface area contributed by atoms with Crippen LogP contribution in [0.1, 0.15) is 43.7 Å². The number of likely N-dealkylation sites (N-methyl/N-ethyl adjacent to an activating group) is 1. The zero-order valence-electron chi connectivity index (χ0n) is 14.2. The Morgan fingerprint density at radius 1 is 1.27 bits per heavy atom. The number of aryl methyl sites for hydroxylation is 1. The van der Waals surface area contributed by atoms with Crippen molar-refractivity contribution in [1.29, 1.82) is 0 Å². The summed E-state index contributed by atoms with van der Waals surface area (Å²) >= 11 is 0. The average molecular weight is 302 g/mol. The summed E-state index contributed by atoms with van der Waals surface area (Å²) in [5, 5.41) is 8.28. The summed E-state index contributed by atoms with van der Waals surface area (Å²) in [6, 6.07) is 1.19. The van der Waals surface area contributed by atoms with E-state index in [1.54, 1.807) is 0 Å². The molecule has 4 heteroatoms. The van der Waals surface area contributed by atoms with Crippen molar-refractivity contribution in [2.24, 2.45) is 30.7 Å². The summed E-state index contributed by atoms with van der Waals surface area (Å²) in [4.78, 5) is 2.32. The topological polar surface area (TPSA) is 33.1 Å². The molecule has 0 aromatic carbocycles. The molecule has 1 N–H and O–H groups in total. The second-order valence-electron chi connectivity index (χ2n) is 8.10. The number of rotatable bonds is 5. The number of nitrogens with one attached hydrogen (secondary N) is 1. The summed E-state index contributed by atoms with van der Waals surface area (Å²) in [6.07, 6.45) is 11.6. The Bertz CT molecular complexity index is 523. The molecule has 122 valence electrons. The number of nitrogens with zero attached hydrogens (tertiary/aromatic N) is 3. The molecule has 3 fully saturated rings. The van der Waals surface area contributed by atoms with E-state index in [4.69, 9.17) is 0 Å². The fourth-order valence-electron chi connectivity index (χ4n) is 5.78. The van der Waals surface area contributed by atoms with E-state index in [2.05, 4.69) is 35.6 Å². The van der Waals surface area contributed by atoms with Crippen molar-refractivity contribution in [1.82, 2.24) is 20.0 Å². The van der Waals surface area contributed by atoms with Gasteiger partial charge in [0.15, 0.2) is 0 Å². The minimum atomic E-state index is 0.423. The maximum atomic E-state index is 4.34. The van der Waals surface area contributed by atoms with Crippen molar-refractivity contribution in [2.45, 2.75) is 44.2 Å². The van der Waals surface area contributed by atoms with Gasteiger partial charge in [-0.25, -0.2) is 0 Å². The molecule has 1 aromatic heterocycles. The summed E-state index contributed by atoms with van der Waals surface area (Å²) in [5.74, 6) is 4.14. The van der Waals surface area contributed by atoms with E-state index in [1.807, 2.05) is 17.9 Å². The van der Waals surface area contributed by atoms with E-state index in [-0.39, 0.29) is 0 Å². The third-order valence-electron chi connectivity index (χ3n) is 6.74. The van der Waals surface area contributed by atoms with Gasteiger partial charge in [0.05, 0.1) is 6.20 Å². The molecule has 0 amide bonds. The zero-order valence-corrected chi connectivity index (χ0v) is 14.2. The van der Waals surface area contributed by atoms with Gasteiger partial charge < -0.3 is 10.2 Å². The standard InChI is InChI=1S/C18H30N4/c1-21(2)18(13-9-20-22(3)11-13)10-19-17-8-12-7-16(17)15-6-4-5-14(12)15/h9,11-12,14-19H,4-8,10H2,1-3H3. The Balaban J connectivity index is 1.39. The largest absolute Gasteiger partial charge is 0.312 e. The Labute approximate surface area is 134 Å². The third kappa shape index (κ3) is 2.41. The van der Waals surface area contributed by atoms with E-state index < -0.39 is 0 Å². The van der Waals surface area contributed by atoms with Gasteiger partial charge in [0.2, 0.25) is 0 Å². The summed E-state index contributed by atoms with van der Waals surface area (Å²) < 4.78 is 1.91. The minimum Gasteiger partial charge on any atom is -0.312 e. The second kappa shape index (κ2) is 5.64. The molecule has 1 heterocycles. The van der Waals surface area contributed by atoms with Crippen molar-refractivity contribution in [3.8, 4) is 0 Å². The smallest absolute Gasteiger partial charge is 0.0538 e. The van der Waals surface area contributed by atoms with E-state index >= 15 is 0 Å². The number of hydrogen-bond acceptors (Lipinski definition) is 3. The maximum Gasteiger partial charge on any atom is 0.0538 e. The zero-order chi connectivity index (χ0) is 15.3. The molecule has 4 rings (SSSR count). The fraction of sp³-hybridized carbons (Fsp3) is 0.833. The van der Waals surface area contributed by atoms with E-state index in [1.165, 1.54) is 37.7 Å². The summed E-state index contributed by atoms with van der Waals surface area (Å²) in [6.45, 7) is 1.05. The van der Waals surface area contributed by atoms with Gasteiger partial charge in [-0.15, -0.1) is 0 Å². The van der Waals surface area contributed by atoms with Crippen LogP contribution in [0.15, 0.2) is 12.4 Å². The SMILES string of the molecule is CN(C)C(CNC1CC2CC1C1CCCC21)c1cnn(C)c1. The Kier molecular flexibility index (Phi) is 3.77. The van der Waals surface area contributed by atoms with Gasteiger partial charge in [-0.3, -0.25) is 4.68 Å². The average Bonchev–Trinajstić information content (AvgIpc) is 3.18. The maximum absolute atomic E-state index is 4.34. The van der Waals surface area contributed by atoms with Gasteiger partial charge in [-0.1, -0.05) is 6.42 Å². The van der Waals surface area contributed by atoms with Crippen LogP contribution < -0.4 is 5.32 Å². The van der Waals surface area contributed by atoms with E-state index in [9.17, 15) is 0 Å². The van der Waals surface area contributed by atoms with Crippen molar-refractivity contribution >= 4 is 0 Å². The van der Waals surface area contributed by atoms with Crippen molar-refractivity contribution in [2.75, 3.05) is 20.6 Å². The molecule has 0 aliphatic heterocycles. The molecule has 1 aromatic rings. The molecule has 4 nitrogen and oxygen atoms in total. The number of aromatic nitrogens is 2. The highest BCUT2D eigenvalue weighted by Gasteiger charge is 2.53. The first-order chi connectivity index (χ1) is 10.6. The predicted octanol–water partition coefficient (Wildman–Crippen LogP) is 2.44. The molecule has 3 aliphatic rings. The van der Waals surface area contributed by atoms with Crippen LogP contribution in [0.2, 0.25) is 0 Å². The first-order valence-corrected chi connectivity index (χ1v) is 9.02. The van der Waals surface area contributed by atoms with Gasteiger partial charge in [-0.2, -0.15) is 5.10 Å². The molecular weight excluding hydrogens is 272 g/mol. The van der Waals surface area contributed by atoms with Crippen molar-refractivity contribution in [3.05, 3.63) is 18.0 Å². The van der Waals surface area contributed by atoms with Crippen LogP contribution in [0.25, 0.3) is 0 Å². The van der Waals surface area contributed by atoms with Gasteiger partial charge >= 0.3 is 0 Å². The lowest BCUT2D eigenvalue weighted by atomic mass is 9.79. The molecule has 0 spiro atoms. The van der Waals surface area contributed by atoms with Crippen LogP contribution in [0.4, 0.5) is 0 Å². The Hall–Kier alpha value is -0.870. The van der Waals surface area contributed by atoms with Gasteiger partial charge in [0.1, 0.15) is 0 Å². The van der Waals surface area contributed by atoms with Gasteiger partial charge in [-0.05, 0) is 63.5 Å². The van der Waals surface area contributed by atoms with Crippen LogP contribution in [-0.2, 0) is 7.05 Å². The second-order valence-corrected chi connectivity index (χ2v) is 8.10. The molecular formula is C18H30N4. The van der Waals surface area contributed by atoms with Crippen molar-refractivity contribution < 1.29 is 0 Å². The summed E-state index contributed by atoms with van der Waals surface area (Å²) in [5.41, 5.74) is 1.32. The highest BCUT2D eigenvalue weighted by atomic mass is 15.2. The molecule has 2 bridgehead atoms. The molecule has 22 heavy (non-hydrogen) atoms. The third-order valence-corrected chi connectivity index (χ3v) is 6.74. The molecule has 6 unspecified atom stereocenters. The minimum absolute atomic E-state index is 0.423. The number of hydrogen-bond donors (Lipinski definition) is 1. The lowest BCUT2D eigenvalue weighted by Crippen LogP contribution is -2.43. The van der Waals surface area contributed by atoms with Gasteiger partial charge in [0, 0.05) is 37.4 Å². The van der Waals surface area contributed by atoms with Crippen LogP contribution in [0.3, 0.4) is 0 Å². The first kappa shape index (κ1) is 14.7. The molecule has 3 aliphatic carbocycles. The van der Waals surface area contributed by atoms with Crippen LogP contribution in [0, 0.1) is 23.7 Å². The Morgan fingerprint density at radius 3 is 2.82 bits per heavy atom. The quantitative estimate of drug-likeness (QED) is 0.907. The molecule has 3 saturated carbocycles. The van der Waals surface area contributed by atoms with E-state index in [0.29, 0.717) is 6.04 Å². The van der Waals surface area contributed by atoms with Crippen molar-refractivity contribution in [3.63, 3.8) is 0 Å². The number of fused-ring (bicyclic) bond motifs is 5. The molecule has 6 atom stereocenters. The van der Waals surface area contributed by atoms with Gasteiger partial charge in [0.25, 0.3) is 0 Å². The highest BCUT2D eigenvalue weighted by Crippen LogP contribution is 2.58. The summed E-state index contributed by atoms with van der Waals surface area (Å²) in [7, 11) is 6.35.